The van der Waals surface area contributed by atoms with Crippen molar-refractivity contribution in [1.29, 1.82) is 0 Å². The average molecular weight is 272 g/mol. The summed E-state index contributed by atoms with van der Waals surface area (Å²) in [5, 5.41) is 0. The Labute approximate surface area is 119 Å². The van der Waals surface area contributed by atoms with Crippen LogP contribution in [0.2, 0.25) is 0 Å². The fourth-order valence-corrected chi connectivity index (χ4v) is 2.38. The van der Waals surface area contributed by atoms with E-state index in [0.29, 0.717) is 23.6 Å². The van der Waals surface area contributed by atoms with E-state index in [1.165, 1.54) is 0 Å². The van der Waals surface area contributed by atoms with Crippen LogP contribution in [0.15, 0.2) is 28.7 Å². The van der Waals surface area contributed by atoms with E-state index in [4.69, 9.17) is 10.2 Å². The Morgan fingerprint density at radius 2 is 1.95 bits per heavy atom. The van der Waals surface area contributed by atoms with Crippen LogP contribution in [0.3, 0.4) is 0 Å². The van der Waals surface area contributed by atoms with E-state index in [1.807, 2.05) is 39.8 Å². The molecule has 0 radical (unpaired) electrons. The van der Waals surface area contributed by atoms with Gasteiger partial charge in [0.15, 0.2) is 0 Å². The second kappa shape index (κ2) is 5.41. The highest BCUT2D eigenvalue weighted by Gasteiger charge is 2.24. The zero-order valence-corrected chi connectivity index (χ0v) is 12.4. The first-order valence-electron chi connectivity index (χ1n) is 6.69. The van der Waals surface area contributed by atoms with E-state index < -0.39 is 0 Å². The van der Waals surface area contributed by atoms with Gasteiger partial charge in [-0.15, -0.1) is 0 Å². The van der Waals surface area contributed by atoms with E-state index in [9.17, 15) is 4.79 Å². The Kier molecular flexibility index (Phi) is 3.84. The van der Waals surface area contributed by atoms with Crippen molar-refractivity contribution in [2.24, 2.45) is 0 Å². The predicted molar refractivity (Wildman–Crippen MR) is 81.1 cm³/mol. The summed E-state index contributed by atoms with van der Waals surface area (Å²) in [5.74, 6) is 1.40. The van der Waals surface area contributed by atoms with Crippen molar-refractivity contribution in [2.75, 3.05) is 17.2 Å². The normalized spacial score (nSPS) is 10.6. The fraction of sp³-hybridized carbons (Fsp3) is 0.312. The van der Waals surface area contributed by atoms with Gasteiger partial charge in [0.1, 0.15) is 11.5 Å². The van der Waals surface area contributed by atoms with Gasteiger partial charge in [-0.2, -0.15) is 0 Å². The van der Waals surface area contributed by atoms with E-state index in [2.05, 4.69) is 0 Å². The third-order valence-electron chi connectivity index (χ3n) is 3.52. The smallest absolute Gasteiger partial charge is 0.262 e. The van der Waals surface area contributed by atoms with Gasteiger partial charge >= 0.3 is 0 Å². The van der Waals surface area contributed by atoms with Crippen molar-refractivity contribution in [2.45, 2.75) is 27.7 Å². The lowest BCUT2D eigenvalue weighted by Gasteiger charge is -2.21. The van der Waals surface area contributed by atoms with Gasteiger partial charge in [0.2, 0.25) is 0 Å². The molecule has 2 N–H and O–H groups in total. The van der Waals surface area contributed by atoms with E-state index in [1.54, 1.807) is 17.0 Å². The lowest BCUT2D eigenvalue weighted by molar-refractivity contribution is 0.0986. The predicted octanol–water partition coefficient (Wildman–Crippen LogP) is 3.45. The summed E-state index contributed by atoms with van der Waals surface area (Å²) in [4.78, 5) is 14.5. The highest BCUT2D eigenvalue weighted by molar-refractivity contribution is 6.08. The summed E-state index contributed by atoms with van der Waals surface area (Å²) in [6.07, 6.45) is 0. The number of amides is 1. The zero-order valence-electron chi connectivity index (χ0n) is 12.4. The summed E-state index contributed by atoms with van der Waals surface area (Å²) >= 11 is 0. The second-order valence-corrected chi connectivity index (χ2v) is 4.86. The number of hydrogen-bond acceptors (Lipinski definition) is 3. The fourth-order valence-electron chi connectivity index (χ4n) is 2.38. The first kappa shape index (κ1) is 14.2. The number of hydrogen-bond donors (Lipinski definition) is 1. The second-order valence-electron chi connectivity index (χ2n) is 4.86. The van der Waals surface area contributed by atoms with Crippen LogP contribution in [0.5, 0.6) is 0 Å². The molecule has 0 aliphatic heterocycles. The van der Waals surface area contributed by atoms with Gasteiger partial charge in [-0.05, 0) is 45.9 Å². The number of nitrogen functional groups attached to an aromatic ring is 1. The molecular formula is C16H20N2O2. The first-order valence-corrected chi connectivity index (χ1v) is 6.69. The number of benzene rings is 1. The number of nitrogens with zero attached hydrogens (tertiary/aromatic N) is 1. The van der Waals surface area contributed by atoms with Gasteiger partial charge in [-0.3, -0.25) is 4.79 Å². The van der Waals surface area contributed by atoms with Crippen molar-refractivity contribution < 1.29 is 9.21 Å². The molecule has 4 heteroatoms. The molecule has 0 unspecified atom stereocenters. The molecule has 0 atom stereocenters. The van der Waals surface area contributed by atoms with Gasteiger partial charge in [-0.1, -0.05) is 6.07 Å². The maximum Gasteiger partial charge on any atom is 0.262 e. The number of aryl methyl sites for hydroxylation is 2. The van der Waals surface area contributed by atoms with Crippen LogP contribution in [-0.4, -0.2) is 12.5 Å². The van der Waals surface area contributed by atoms with Crippen LogP contribution < -0.4 is 10.6 Å². The molecule has 1 heterocycles. The molecule has 106 valence electrons. The quantitative estimate of drug-likeness (QED) is 0.870. The number of furan rings is 1. The maximum absolute atomic E-state index is 12.8. The molecule has 0 fully saturated rings. The number of rotatable bonds is 3. The van der Waals surface area contributed by atoms with Gasteiger partial charge in [0, 0.05) is 23.5 Å². The standard InChI is InChI=1S/C16H20N2O2/c1-5-18(14-8-6-7-13(17)9-14)16(19)15-10(2)11(3)20-12(15)4/h6-9H,5,17H2,1-4H3. The van der Waals surface area contributed by atoms with E-state index in [-0.39, 0.29) is 5.91 Å². The largest absolute Gasteiger partial charge is 0.466 e. The maximum atomic E-state index is 12.8. The lowest BCUT2D eigenvalue weighted by atomic mass is 10.1. The van der Waals surface area contributed by atoms with Gasteiger partial charge < -0.3 is 15.1 Å². The molecule has 0 spiro atoms. The van der Waals surface area contributed by atoms with Gasteiger partial charge in [0.25, 0.3) is 5.91 Å². The van der Waals surface area contributed by atoms with Crippen molar-refractivity contribution in [3.8, 4) is 0 Å². The average Bonchev–Trinajstić information content (AvgIpc) is 2.64. The Balaban J connectivity index is 2.44. The molecule has 0 aliphatic carbocycles. The highest BCUT2D eigenvalue weighted by Crippen LogP contribution is 2.25. The molecule has 0 saturated heterocycles. The topological polar surface area (TPSA) is 59.5 Å². The minimum Gasteiger partial charge on any atom is -0.466 e. The van der Waals surface area contributed by atoms with Crippen LogP contribution in [0, 0.1) is 20.8 Å². The number of carbonyl (C=O) groups excluding carboxylic acids is 1. The third-order valence-corrected chi connectivity index (χ3v) is 3.52. The minimum atomic E-state index is -0.0510. The minimum absolute atomic E-state index is 0.0510. The van der Waals surface area contributed by atoms with E-state index >= 15 is 0 Å². The summed E-state index contributed by atoms with van der Waals surface area (Å²) < 4.78 is 5.55. The highest BCUT2D eigenvalue weighted by atomic mass is 16.3. The van der Waals surface area contributed by atoms with Crippen molar-refractivity contribution in [3.05, 3.63) is 46.9 Å². The van der Waals surface area contributed by atoms with Crippen LogP contribution in [-0.2, 0) is 0 Å². The Hall–Kier alpha value is -2.23. The summed E-state index contributed by atoms with van der Waals surface area (Å²) in [5.41, 5.74) is 8.79. The molecule has 1 amide bonds. The number of carbonyl (C=O) groups is 1. The van der Waals surface area contributed by atoms with Crippen LogP contribution in [0.1, 0.15) is 34.4 Å². The van der Waals surface area contributed by atoms with Crippen molar-refractivity contribution >= 4 is 17.3 Å². The third kappa shape index (κ3) is 2.41. The Morgan fingerprint density at radius 3 is 2.45 bits per heavy atom. The van der Waals surface area contributed by atoms with Crippen LogP contribution in [0.4, 0.5) is 11.4 Å². The number of anilines is 2. The summed E-state index contributed by atoms with van der Waals surface area (Å²) in [6, 6.07) is 7.34. The molecule has 0 aliphatic rings. The Bertz CT molecular complexity index is 644. The molecule has 1 aromatic heterocycles. The Morgan fingerprint density at radius 1 is 1.25 bits per heavy atom. The van der Waals surface area contributed by atoms with E-state index in [0.717, 1.165) is 17.0 Å². The molecule has 0 bridgehead atoms. The molecule has 2 aromatic rings. The molecule has 0 saturated carbocycles. The van der Waals surface area contributed by atoms with Crippen molar-refractivity contribution in [3.63, 3.8) is 0 Å². The summed E-state index contributed by atoms with van der Waals surface area (Å²) in [6.45, 7) is 8.12. The van der Waals surface area contributed by atoms with Gasteiger partial charge in [-0.25, -0.2) is 0 Å². The molecular weight excluding hydrogens is 252 g/mol. The SMILES string of the molecule is CCN(C(=O)c1c(C)oc(C)c1C)c1cccc(N)c1. The first-order chi connectivity index (χ1) is 9.45. The van der Waals surface area contributed by atoms with Crippen molar-refractivity contribution in [1.82, 2.24) is 0 Å². The van der Waals surface area contributed by atoms with Crippen LogP contribution in [0.25, 0.3) is 0 Å². The molecule has 4 nitrogen and oxygen atoms in total. The van der Waals surface area contributed by atoms with Crippen LogP contribution >= 0.6 is 0 Å². The molecule has 2 rings (SSSR count). The monoisotopic (exact) mass is 272 g/mol. The zero-order chi connectivity index (χ0) is 14.9. The summed E-state index contributed by atoms with van der Waals surface area (Å²) in [7, 11) is 0. The lowest BCUT2D eigenvalue weighted by Crippen LogP contribution is -2.31. The van der Waals surface area contributed by atoms with Gasteiger partial charge in [0.05, 0.1) is 5.56 Å². The molecule has 1 aromatic carbocycles. The molecule has 20 heavy (non-hydrogen) atoms. The number of nitrogens with two attached hydrogens (primary N) is 1.